The molecule has 0 saturated carbocycles. The quantitative estimate of drug-likeness (QED) is 0.796. The summed E-state index contributed by atoms with van der Waals surface area (Å²) >= 11 is 3.06. The van der Waals surface area contributed by atoms with Crippen LogP contribution in [0.3, 0.4) is 0 Å². The third kappa shape index (κ3) is 2.09. The Morgan fingerprint density at radius 1 is 1.58 bits per heavy atom. The molecule has 4 nitrogen and oxygen atoms in total. The normalized spacial score (nSPS) is 8.75. The fourth-order valence-corrected chi connectivity index (χ4v) is 0.947. The second-order valence-corrected chi connectivity index (χ2v) is 2.74. The average Bonchev–Trinajstić information content (AvgIpc) is 1.94. The van der Waals surface area contributed by atoms with Crippen molar-refractivity contribution in [1.82, 2.24) is 4.98 Å². The van der Waals surface area contributed by atoms with Crippen LogP contribution in [0, 0.1) is 0 Å². The van der Waals surface area contributed by atoms with E-state index in [-0.39, 0.29) is 23.7 Å². The summed E-state index contributed by atoms with van der Waals surface area (Å²) in [4.78, 5) is 14.1. The van der Waals surface area contributed by atoms with Gasteiger partial charge >= 0.3 is 5.97 Å². The van der Waals surface area contributed by atoms with E-state index in [4.69, 9.17) is 10.8 Å². The number of hydrogen-bond acceptors (Lipinski definition) is 3. The van der Waals surface area contributed by atoms with Crippen molar-refractivity contribution in [2.75, 3.05) is 5.73 Å². The summed E-state index contributed by atoms with van der Waals surface area (Å²) in [5.74, 6) is -1.07. The van der Waals surface area contributed by atoms with Gasteiger partial charge in [-0.2, -0.15) is 0 Å². The number of rotatable bonds is 1. The summed E-state index contributed by atoms with van der Waals surface area (Å²) in [6, 6.07) is 0. The Balaban J connectivity index is 0.00000121. The highest BCUT2D eigenvalue weighted by molar-refractivity contribution is 9.10. The van der Waals surface area contributed by atoms with Gasteiger partial charge in [-0.1, -0.05) is 0 Å². The number of anilines is 1. The summed E-state index contributed by atoms with van der Waals surface area (Å²) in [5.41, 5.74) is 5.63. The lowest BCUT2D eigenvalue weighted by Gasteiger charge is -1.99. The van der Waals surface area contributed by atoms with Crippen LogP contribution >= 0.6 is 28.3 Å². The summed E-state index contributed by atoms with van der Waals surface area (Å²) in [6.07, 6.45) is 2.66. The van der Waals surface area contributed by atoms with E-state index in [1.54, 1.807) is 0 Å². The molecule has 1 rings (SSSR count). The van der Waals surface area contributed by atoms with Gasteiger partial charge in [0, 0.05) is 12.4 Å². The van der Waals surface area contributed by atoms with Crippen LogP contribution in [0.4, 0.5) is 5.69 Å². The van der Waals surface area contributed by atoms with Gasteiger partial charge in [-0.25, -0.2) is 4.79 Å². The molecule has 0 radical (unpaired) electrons. The average molecular weight is 253 g/mol. The second kappa shape index (κ2) is 4.27. The lowest BCUT2D eigenvalue weighted by atomic mass is 10.2. The first-order chi connectivity index (χ1) is 5.13. The maximum Gasteiger partial charge on any atom is 0.339 e. The van der Waals surface area contributed by atoms with Gasteiger partial charge in [0.2, 0.25) is 0 Å². The maximum atomic E-state index is 10.4. The number of aromatic nitrogens is 1. The Bertz CT molecular complexity index is 306. The van der Waals surface area contributed by atoms with E-state index < -0.39 is 5.97 Å². The molecule has 0 aliphatic heterocycles. The number of nitrogens with zero attached hydrogens (tertiary/aromatic N) is 1. The Hall–Kier alpha value is -0.810. The molecule has 0 aliphatic rings. The first-order valence-electron chi connectivity index (χ1n) is 2.75. The summed E-state index contributed by atoms with van der Waals surface area (Å²) in [5, 5.41) is 8.55. The highest BCUT2D eigenvalue weighted by Gasteiger charge is 2.09. The molecule has 0 unspecified atom stereocenters. The molecule has 1 heterocycles. The van der Waals surface area contributed by atoms with Crippen molar-refractivity contribution >= 4 is 40.0 Å². The zero-order chi connectivity index (χ0) is 8.43. The standard InChI is InChI=1S/C6H5BrN2O2.ClH/c7-4-2-9-1-3(5(4)8)6(10)11;/h1-2H,(H2,8,9)(H,10,11);1H. The molecule has 12 heavy (non-hydrogen) atoms. The number of carboxylic acid groups (broad SMARTS) is 1. The molecule has 6 heteroatoms. The van der Waals surface area contributed by atoms with Gasteiger partial charge in [-0.15, -0.1) is 12.4 Å². The summed E-state index contributed by atoms with van der Waals surface area (Å²) in [7, 11) is 0. The van der Waals surface area contributed by atoms with Gasteiger partial charge in [-0.05, 0) is 15.9 Å². The van der Waals surface area contributed by atoms with Crippen molar-refractivity contribution in [2.24, 2.45) is 0 Å². The van der Waals surface area contributed by atoms with Crippen LogP contribution in [0.15, 0.2) is 16.9 Å². The Kier molecular flexibility index (Phi) is 3.99. The fraction of sp³-hybridized carbons (Fsp3) is 0. The number of carboxylic acids is 1. The zero-order valence-corrected chi connectivity index (χ0v) is 8.22. The number of nitrogens with two attached hydrogens (primary N) is 1. The van der Waals surface area contributed by atoms with E-state index >= 15 is 0 Å². The Morgan fingerprint density at radius 3 is 2.58 bits per heavy atom. The molecule has 1 aromatic heterocycles. The number of pyridine rings is 1. The molecule has 0 fully saturated rings. The molecule has 3 N–H and O–H groups in total. The number of nitrogen functional groups attached to an aromatic ring is 1. The zero-order valence-electron chi connectivity index (χ0n) is 5.82. The minimum absolute atomic E-state index is 0. The van der Waals surface area contributed by atoms with Crippen LogP contribution in [0.5, 0.6) is 0 Å². The van der Waals surface area contributed by atoms with E-state index in [0.29, 0.717) is 4.47 Å². The van der Waals surface area contributed by atoms with Crippen LogP contribution in [0.2, 0.25) is 0 Å². The smallest absolute Gasteiger partial charge is 0.339 e. The van der Waals surface area contributed by atoms with Gasteiger partial charge in [0.25, 0.3) is 0 Å². The number of aromatic carboxylic acids is 1. The van der Waals surface area contributed by atoms with Gasteiger partial charge in [-0.3, -0.25) is 4.98 Å². The van der Waals surface area contributed by atoms with Gasteiger partial charge < -0.3 is 10.8 Å². The fourth-order valence-electron chi connectivity index (χ4n) is 0.615. The number of hydrogen-bond donors (Lipinski definition) is 2. The van der Waals surface area contributed by atoms with E-state index in [2.05, 4.69) is 20.9 Å². The Morgan fingerprint density at radius 2 is 2.17 bits per heavy atom. The predicted octanol–water partition coefficient (Wildman–Crippen LogP) is 1.55. The molecule has 0 aromatic carbocycles. The summed E-state index contributed by atoms with van der Waals surface area (Å²) in [6.45, 7) is 0. The molecule has 0 spiro atoms. The van der Waals surface area contributed by atoms with Crippen molar-refractivity contribution < 1.29 is 9.90 Å². The molecular weight excluding hydrogens is 247 g/mol. The molecule has 0 amide bonds. The molecule has 66 valence electrons. The molecule has 0 aliphatic carbocycles. The molecule has 0 saturated heterocycles. The van der Waals surface area contributed by atoms with Crippen molar-refractivity contribution in [1.29, 1.82) is 0 Å². The number of halogens is 2. The predicted molar refractivity (Wildman–Crippen MR) is 50.6 cm³/mol. The molecule has 0 atom stereocenters. The SMILES string of the molecule is Cl.Nc1c(Br)cncc1C(=O)O. The van der Waals surface area contributed by atoms with Gasteiger partial charge in [0.15, 0.2) is 0 Å². The van der Waals surface area contributed by atoms with Gasteiger partial charge in [0.1, 0.15) is 5.56 Å². The largest absolute Gasteiger partial charge is 0.478 e. The first kappa shape index (κ1) is 11.2. The van der Waals surface area contributed by atoms with E-state index in [1.807, 2.05) is 0 Å². The number of carbonyl (C=O) groups is 1. The van der Waals surface area contributed by atoms with E-state index in [9.17, 15) is 4.79 Å². The van der Waals surface area contributed by atoms with E-state index in [0.717, 1.165) is 0 Å². The van der Waals surface area contributed by atoms with Crippen molar-refractivity contribution in [3.05, 3.63) is 22.4 Å². The minimum atomic E-state index is -1.07. The van der Waals surface area contributed by atoms with E-state index in [1.165, 1.54) is 12.4 Å². The molecule has 1 aromatic rings. The highest BCUT2D eigenvalue weighted by atomic mass is 79.9. The van der Waals surface area contributed by atoms with Crippen LogP contribution in [0.25, 0.3) is 0 Å². The summed E-state index contributed by atoms with van der Waals surface area (Å²) < 4.78 is 0.498. The third-order valence-corrected chi connectivity index (χ3v) is 1.80. The minimum Gasteiger partial charge on any atom is -0.478 e. The van der Waals surface area contributed by atoms with Crippen LogP contribution < -0.4 is 5.73 Å². The van der Waals surface area contributed by atoms with Crippen molar-refractivity contribution in [3.8, 4) is 0 Å². The lowest BCUT2D eigenvalue weighted by molar-refractivity contribution is 0.0697. The van der Waals surface area contributed by atoms with Gasteiger partial charge in [0.05, 0.1) is 10.2 Å². The lowest BCUT2D eigenvalue weighted by Crippen LogP contribution is -2.03. The highest BCUT2D eigenvalue weighted by Crippen LogP contribution is 2.20. The maximum absolute atomic E-state index is 10.4. The Labute approximate surface area is 83.3 Å². The first-order valence-corrected chi connectivity index (χ1v) is 3.54. The van der Waals surface area contributed by atoms with Crippen LogP contribution in [-0.2, 0) is 0 Å². The van der Waals surface area contributed by atoms with Crippen molar-refractivity contribution in [3.63, 3.8) is 0 Å². The molecule has 0 bridgehead atoms. The molecular formula is C6H6BrClN2O2. The van der Waals surface area contributed by atoms with Crippen molar-refractivity contribution in [2.45, 2.75) is 0 Å². The second-order valence-electron chi connectivity index (χ2n) is 1.89. The van der Waals surface area contributed by atoms with Crippen LogP contribution in [-0.4, -0.2) is 16.1 Å². The van der Waals surface area contributed by atoms with Crippen LogP contribution in [0.1, 0.15) is 10.4 Å². The topological polar surface area (TPSA) is 76.2 Å². The third-order valence-electron chi connectivity index (χ3n) is 1.17. The monoisotopic (exact) mass is 252 g/mol.